The first kappa shape index (κ1) is 18.1. The fourth-order valence-electron chi connectivity index (χ4n) is 3.18. The molecule has 0 spiro atoms. The highest BCUT2D eigenvalue weighted by Crippen LogP contribution is 2.25. The minimum Gasteiger partial charge on any atom is -0.351 e. The van der Waals surface area contributed by atoms with E-state index in [0.717, 1.165) is 15.9 Å². The van der Waals surface area contributed by atoms with Gasteiger partial charge in [0.25, 0.3) is 5.91 Å². The number of halogens is 2. The summed E-state index contributed by atoms with van der Waals surface area (Å²) in [6.45, 7) is 5.16. The fraction of sp³-hybridized carbons (Fsp3) is 0.353. The third-order valence-electron chi connectivity index (χ3n) is 4.61. The summed E-state index contributed by atoms with van der Waals surface area (Å²) in [6, 6.07) is 5.30. The van der Waals surface area contributed by atoms with E-state index in [-0.39, 0.29) is 5.91 Å². The van der Waals surface area contributed by atoms with Crippen LogP contribution in [-0.2, 0) is 6.54 Å². The minimum absolute atomic E-state index is 0.0642. The van der Waals surface area contributed by atoms with Crippen molar-refractivity contribution in [2.75, 3.05) is 31.1 Å². The predicted octanol–water partition coefficient (Wildman–Crippen LogP) is 2.62. The van der Waals surface area contributed by atoms with Crippen molar-refractivity contribution in [2.45, 2.75) is 13.5 Å². The van der Waals surface area contributed by atoms with Crippen molar-refractivity contribution in [2.24, 2.45) is 0 Å². The maximum Gasteiger partial charge on any atom is 0.255 e. The highest BCUT2D eigenvalue weighted by molar-refractivity contribution is 9.10. The van der Waals surface area contributed by atoms with Gasteiger partial charge in [0.05, 0.1) is 10.6 Å². The predicted molar refractivity (Wildman–Crippen MR) is 106 cm³/mol. The zero-order chi connectivity index (χ0) is 19.0. The molecule has 4 rings (SSSR count). The van der Waals surface area contributed by atoms with E-state index >= 15 is 0 Å². The van der Waals surface area contributed by atoms with Crippen LogP contribution in [0.2, 0.25) is 5.02 Å². The topological polar surface area (TPSA) is 80.0 Å². The highest BCUT2D eigenvalue weighted by Gasteiger charge is 2.26. The van der Waals surface area contributed by atoms with Crippen LogP contribution < -0.4 is 4.90 Å². The van der Waals surface area contributed by atoms with Crippen LogP contribution in [0.1, 0.15) is 17.3 Å². The lowest BCUT2D eigenvalue weighted by molar-refractivity contribution is 0.0746. The van der Waals surface area contributed by atoms with Gasteiger partial charge >= 0.3 is 0 Å². The van der Waals surface area contributed by atoms with E-state index in [4.69, 9.17) is 11.6 Å². The van der Waals surface area contributed by atoms with Crippen molar-refractivity contribution in [3.05, 3.63) is 39.6 Å². The number of amides is 1. The molecule has 8 nitrogen and oxygen atoms in total. The Morgan fingerprint density at radius 3 is 2.74 bits per heavy atom. The number of piperazine rings is 1. The summed E-state index contributed by atoms with van der Waals surface area (Å²) >= 11 is 9.60. The van der Waals surface area contributed by atoms with Gasteiger partial charge in [-0.2, -0.15) is 0 Å². The van der Waals surface area contributed by atoms with Crippen LogP contribution in [-0.4, -0.2) is 61.9 Å². The summed E-state index contributed by atoms with van der Waals surface area (Å²) in [5.41, 5.74) is 1.92. The van der Waals surface area contributed by atoms with Crippen LogP contribution in [0.4, 0.5) is 5.82 Å². The lowest BCUT2D eigenvalue weighted by Gasteiger charge is -2.35. The van der Waals surface area contributed by atoms with Crippen molar-refractivity contribution in [1.82, 2.24) is 29.9 Å². The van der Waals surface area contributed by atoms with Gasteiger partial charge in [-0.25, -0.2) is 14.6 Å². The molecule has 0 radical (unpaired) electrons. The van der Waals surface area contributed by atoms with E-state index < -0.39 is 0 Å². The van der Waals surface area contributed by atoms with Crippen LogP contribution in [0, 0.1) is 0 Å². The Morgan fingerprint density at radius 2 is 2.00 bits per heavy atom. The second kappa shape index (κ2) is 7.40. The Morgan fingerprint density at radius 1 is 1.22 bits per heavy atom. The molecule has 1 amide bonds. The van der Waals surface area contributed by atoms with Crippen molar-refractivity contribution < 1.29 is 4.79 Å². The van der Waals surface area contributed by atoms with E-state index in [0.29, 0.717) is 48.8 Å². The number of aromatic nitrogens is 5. The van der Waals surface area contributed by atoms with Gasteiger partial charge in [0.1, 0.15) is 6.33 Å². The average molecular weight is 451 g/mol. The fourth-order valence-corrected chi connectivity index (χ4v) is 3.74. The number of rotatable bonds is 3. The number of carbonyl (C=O) groups is 1. The van der Waals surface area contributed by atoms with Gasteiger partial charge in [-0.15, -0.1) is 5.10 Å². The smallest absolute Gasteiger partial charge is 0.255 e. The first-order valence-corrected chi connectivity index (χ1v) is 9.79. The highest BCUT2D eigenvalue weighted by atomic mass is 79.9. The van der Waals surface area contributed by atoms with Crippen LogP contribution in [0.15, 0.2) is 29.0 Å². The Labute approximate surface area is 169 Å². The first-order chi connectivity index (χ1) is 13.1. The lowest BCUT2D eigenvalue weighted by Crippen LogP contribution is -2.49. The number of anilines is 1. The van der Waals surface area contributed by atoms with Crippen molar-refractivity contribution in [1.29, 1.82) is 0 Å². The third kappa shape index (κ3) is 3.37. The summed E-state index contributed by atoms with van der Waals surface area (Å²) in [4.78, 5) is 25.4. The first-order valence-electron chi connectivity index (χ1n) is 8.62. The van der Waals surface area contributed by atoms with E-state index in [1.165, 1.54) is 6.33 Å². The molecular weight excluding hydrogens is 434 g/mol. The second-order valence-corrected chi connectivity index (χ2v) is 7.50. The maximum atomic E-state index is 12.8. The molecule has 3 aromatic rings. The molecule has 1 aliphatic rings. The molecule has 1 aromatic carbocycles. The molecular formula is C17H17BrClN7O. The number of fused-ring (bicyclic) bond motifs is 1. The number of nitrogens with zero attached hydrogens (tertiary/aromatic N) is 7. The minimum atomic E-state index is -0.0642. The quantitative estimate of drug-likeness (QED) is 0.610. The molecule has 27 heavy (non-hydrogen) atoms. The van der Waals surface area contributed by atoms with Gasteiger partial charge in [-0.3, -0.25) is 4.79 Å². The summed E-state index contributed by atoms with van der Waals surface area (Å²) in [5.74, 6) is 0.693. The molecule has 0 atom stereocenters. The Balaban J connectivity index is 1.52. The number of carbonyl (C=O) groups excluding carboxylic acids is 1. The van der Waals surface area contributed by atoms with Gasteiger partial charge in [-0.1, -0.05) is 32.7 Å². The van der Waals surface area contributed by atoms with Gasteiger partial charge in [0, 0.05) is 37.2 Å². The second-order valence-electron chi connectivity index (χ2n) is 6.18. The zero-order valence-corrected chi connectivity index (χ0v) is 17.0. The van der Waals surface area contributed by atoms with Gasteiger partial charge in [-0.05, 0) is 25.1 Å². The molecule has 10 heteroatoms. The normalized spacial score (nSPS) is 14.8. The molecule has 0 aliphatic carbocycles. The van der Waals surface area contributed by atoms with Crippen LogP contribution >= 0.6 is 27.5 Å². The number of hydrogen-bond donors (Lipinski definition) is 0. The average Bonchev–Trinajstić information content (AvgIpc) is 3.13. The monoisotopic (exact) mass is 449 g/mol. The number of aryl methyl sites for hydroxylation is 1. The van der Waals surface area contributed by atoms with Crippen LogP contribution in [0.5, 0.6) is 0 Å². The molecule has 1 aliphatic heterocycles. The molecule has 0 saturated carbocycles. The summed E-state index contributed by atoms with van der Waals surface area (Å²) in [5, 5.41) is 8.81. The van der Waals surface area contributed by atoms with Crippen LogP contribution in [0.25, 0.3) is 11.2 Å². The zero-order valence-electron chi connectivity index (χ0n) is 14.6. The Bertz CT molecular complexity index is 1000. The molecule has 1 saturated heterocycles. The third-order valence-corrected chi connectivity index (χ3v) is 5.43. The molecule has 140 valence electrons. The standard InChI is InChI=1S/C17H17BrClN7O/c1-2-26-16-14(22-23-26)15(20-10-21-16)24-5-7-25(8-6-24)17(27)12-9-11(18)3-4-13(12)19/h3-4,9-10H,2,5-8H2,1H3. The molecule has 3 heterocycles. The molecule has 0 N–H and O–H groups in total. The Kier molecular flexibility index (Phi) is 4.96. The number of benzene rings is 1. The molecule has 0 unspecified atom stereocenters. The summed E-state index contributed by atoms with van der Waals surface area (Å²) in [7, 11) is 0. The SMILES string of the molecule is CCn1nnc2c(N3CCN(C(=O)c4cc(Br)ccc4Cl)CC3)ncnc21. The largest absolute Gasteiger partial charge is 0.351 e. The van der Waals surface area contributed by atoms with Crippen molar-refractivity contribution >= 4 is 50.4 Å². The Hall–Kier alpha value is -2.26. The molecule has 2 aromatic heterocycles. The summed E-state index contributed by atoms with van der Waals surface area (Å²) in [6.07, 6.45) is 1.53. The lowest BCUT2D eigenvalue weighted by atomic mass is 10.2. The van der Waals surface area contributed by atoms with Crippen LogP contribution in [0.3, 0.4) is 0 Å². The van der Waals surface area contributed by atoms with Crippen molar-refractivity contribution in [3.8, 4) is 0 Å². The van der Waals surface area contributed by atoms with E-state index in [1.54, 1.807) is 16.8 Å². The van der Waals surface area contributed by atoms with Crippen molar-refractivity contribution in [3.63, 3.8) is 0 Å². The maximum absolute atomic E-state index is 12.8. The van der Waals surface area contributed by atoms with E-state index in [9.17, 15) is 4.79 Å². The van der Waals surface area contributed by atoms with Gasteiger partial charge in [0.15, 0.2) is 17.0 Å². The molecule has 0 bridgehead atoms. The molecule has 1 fully saturated rings. The summed E-state index contributed by atoms with van der Waals surface area (Å²) < 4.78 is 2.58. The van der Waals surface area contributed by atoms with Gasteiger partial charge < -0.3 is 9.80 Å². The number of hydrogen-bond acceptors (Lipinski definition) is 6. The van der Waals surface area contributed by atoms with E-state index in [2.05, 4.69) is 41.1 Å². The van der Waals surface area contributed by atoms with E-state index in [1.807, 2.05) is 17.9 Å². The van der Waals surface area contributed by atoms with Gasteiger partial charge in [0.2, 0.25) is 0 Å².